The van der Waals surface area contributed by atoms with E-state index in [9.17, 15) is 13.2 Å². The van der Waals surface area contributed by atoms with Gasteiger partial charge in [0.25, 0.3) is 10.0 Å². The van der Waals surface area contributed by atoms with Crippen molar-refractivity contribution in [2.45, 2.75) is 21.6 Å². The molecule has 4 aromatic carbocycles. The molecule has 0 aliphatic carbocycles. The molecular weight excluding hydrogens is 544 g/mol. The first-order valence-corrected chi connectivity index (χ1v) is 13.8. The van der Waals surface area contributed by atoms with E-state index in [0.29, 0.717) is 11.4 Å². The maximum Gasteiger partial charge on any atom is 0.264 e. The number of carbonyl (C=O) groups excluding carboxylic acids is 1. The molecule has 0 radical (unpaired) electrons. The summed E-state index contributed by atoms with van der Waals surface area (Å²) < 4.78 is 29.1. The van der Waals surface area contributed by atoms with Crippen molar-refractivity contribution in [1.82, 2.24) is 0 Å². The lowest BCUT2D eigenvalue weighted by Crippen LogP contribution is -2.38. The van der Waals surface area contributed by atoms with Crippen LogP contribution in [0, 0.1) is 6.92 Å². The number of sulfonamides is 1. The summed E-state index contributed by atoms with van der Waals surface area (Å²) in [7, 11) is -3.98. The van der Waals surface area contributed by atoms with Gasteiger partial charge in [-0.3, -0.25) is 9.10 Å². The van der Waals surface area contributed by atoms with Gasteiger partial charge in [0.15, 0.2) is 0 Å². The summed E-state index contributed by atoms with van der Waals surface area (Å²) >= 11 is 4.90. The lowest BCUT2D eigenvalue weighted by molar-refractivity contribution is -0.114. The van der Waals surface area contributed by atoms with E-state index in [0.717, 1.165) is 24.1 Å². The average Bonchev–Trinajstić information content (AvgIpc) is 2.85. The zero-order chi connectivity index (χ0) is 24.8. The van der Waals surface area contributed by atoms with E-state index in [1.807, 2.05) is 61.5 Å². The van der Waals surface area contributed by atoms with Crippen LogP contribution in [-0.2, 0) is 14.8 Å². The van der Waals surface area contributed by atoms with Gasteiger partial charge in [-0.1, -0.05) is 75.7 Å². The Bertz CT molecular complexity index is 1410. The SMILES string of the molecule is Cc1ccc(S(=O)(=O)N(CC(=O)Nc2ccccc2Sc2ccccc2)c2ccc(Br)cc2)cc1. The van der Waals surface area contributed by atoms with Crippen molar-refractivity contribution in [2.24, 2.45) is 0 Å². The minimum absolute atomic E-state index is 0.124. The van der Waals surface area contributed by atoms with E-state index in [1.54, 1.807) is 48.5 Å². The Labute approximate surface area is 218 Å². The van der Waals surface area contributed by atoms with Gasteiger partial charge in [0.05, 0.1) is 16.3 Å². The molecule has 5 nitrogen and oxygen atoms in total. The van der Waals surface area contributed by atoms with Crippen molar-refractivity contribution in [3.63, 3.8) is 0 Å². The van der Waals surface area contributed by atoms with Crippen molar-refractivity contribution in [3.8, 4) is 0 Å². The van der Waals surface area contributed by atoms with Gasteiger partial charge in [0, 0.05) is 14.3 Å². The quantitative estimate of drug-likeness (QED) is 0.256. The number of halogens is 1. The van der Waals surface area contributed by atoms with Crippen LogP contribution in [0.3, 0.4) is 0 Å². The second-order valence-corrected chi connectivity index (χ2v) is 11.7. The van der Waals surface area contributed by atoms with E-state index in [-0.39, 0.29) is 11.4 Å². The van der Waals surface area contributed by atoms with Crippen LogP contribution in [0.1, 0.15) is 5.56 Å². The molecule has 35 heavy (non-hydrogen) atoms. The van der Waals surface area contributed by atoms with Crippen molar-refractivity contribution in [1.29, 1.82) is 0 Å². The summed E-state index contributed by atoms with van der Waals surface area (Å²) in [6.45, 7) is 1.52. The van der Waals surface area contributed by atoms with Crippen molar-refractivity contribution >= 4 is 55.0 Å². The molecule has 0 fully saturated rings. The molecule has 0 heterocycles. The predicted molar refractivity (Wildman–Crippen MR) is 145 cm³/mol. The van der Waals surface area contributed by atoms with Crippen LogP contribution in [-0.4, -0.2) is 20.9 Å². The fraction of sp³-hybridized carbons (Fsp3) is 0.0741. The smallest absolute Gasteiger partial charge is 0.264 e. The average molecular weight is 568 g/mol. The Morgan fingerprint density at radius 2 is 1.49 bits per heavy atom. The molecule has 0 saturated carbocycles. The number of benzene rings is 4. The highest BCUT2D eigenvalue weighted by Gasteiger charge is 2.27. The monoisotopic (exact) mass is 566 g/mol. The number of aryl methyl sites for hydroxylation is 1. The molecule has 1 amide bonds. The molecule has 0 spiro atoms. The Balaban J connectivity index is 1.61. The topological polar surface area (TPSA) is 66.5 Å². The number of anilines is 2. The second-order valence-electron chi connectivity index (χ2n) is 7.76. The standard InChI is InChI=1S/C27H23BrN2O3S2/c1-20-11-17-24(18-12-20)35(32,33)30(22-15-13-21(28)14-16-22)19-27(31)29-25-9-5-6-10-26(25)34-23-7-3-2-4-8-23/h2-18H,19H2,1H3,(H,29,31). The van der Waals surface area contributed by atoms with Gasteiger partial charge < -0.3 is 5.32 Å². The summed E-state index contributed by atoms with van der Waals surface area (Å²) in [6, 6.07) is 30.7. The van der Waals surface area contributed by atoms with Gasteiger partial charge in [0.2, 0.25) is 5.91 Å². The van der Waals surface area contributed by atoms with Crippen LogP contribution in [0.4, 0.5) is 11.4 Å². The lowest BCUT2D eigenvalue weighted by Gasteiger charge is -2.24. The number of nitrogens with one attached hydrogen (secondary N) is 1. The Kier molecular flexibility index (Phi) is 7.95. The molecule has 0 saturated heterocycles. The van der Waals surface area contributed by atoms with Crippen LogP contribution in [0.2, 0.25) is 0 Å². The summed E-state index contributed by atoms with van der Waals surface area (Å²) in [5, 5.41) is 2.90. The molecule has 0 atom stereocenters. The van der Waals surface area contributed by atoms with Gasteiger partial charge >= 0.3 is 0 Å². The zero-order valence-electron chi connectivity index (χ0n) is 18.9. The van der Waals surface area contributed by atoms with E-state index in [1.165, 1.54) is 11.8 Å². The van der Waals surface area contributed by atoms with Crippen LogP contribution < -0.4 is 9.62 Å². The van der Waals surface area contributed by atoms with E-state index in [4.69, 9.17) is 0 Å². The lowest BCUT2D eigenvalue weighted by atomic mass is 10.2. The molecule has 4 aromatic rings. The second kappa shape index (κ2) is 11.1. The maximum atomic E-state index is 13.6. The van der Waals surface area contributed by atoms with Crippen LogP contribution in [0.15, 0.2) is 122 Å². The van der Waals surface area contributed by atoms with Crippen molar-refractivity contribution in [2.75, 3.05) is 16.2 Å². The molecule has 0 aromatic heterocycles. The van der Waals surface area contributed by atoms with E-state index in [2.05, 4.69) is 21.2 Å². The summed E-state index contributed by atoms with van der Waals surface area (Å²) in [4.78, 5) is 15.2. The Hall–Kier alpha value is -3.07. The first kappa shape index (κ1) is 25.0. The molecular formula is C27H23BrN2O3S2. The predicted octanol–water partition coefficient (Wildman–Crippen LogP) is 6.74. The molecule has 178 valence electrons. The number of hydrogen-bond donors (Lipinski definition) is 1. The van der Waals surface area contributed by atoms with Crippen LogP contribution in [0.25, 0.3) is 0 Å². The van der Waals surface area contributed by atoms with Crippen LogP contribution in [0.5, 0.6) is 0 Å². The van der Waals surface area contributed by atoms with Gasteiger partial charge in [-0.05, 0) is 67.6 Å². The highest BCUT2D eigenvalue weighted by atomic mass is 79.9. The number of rotatable bonds is 8. The number of para-hydroxylation sites is 1. The molecule has 4 rings (SSSR count). The zero-order valence-corrected chi connectivity index (χ0v) is 22.1. The van der Waals surface area contributed by atoms with Gasteiger partial charge in [-0.25, -0.2) is 8.42 Å². The number of amides is 1. The van der Waals surface area contributed by atoms with Crippen LogP contribution >= 0.6 is 27.7 Å². The first-order chi connectivity index (χ1) is 16.8. The Morgan fingerprint density at radius 1 is 0.857 bits per heavy atom. The van der Waals surface area contributed by atoms with Crippen molar-refractivity contribution < 1.29 is 13.2 Å². The fourth-order valence-corrected chi connectivity index (χ4v) is 5.96. The number of carbonyl (C=O) groups is 1. The maximum absolute atomic E-state index is 13.6. The molecule has 0 bridgehead atoms. The summed E-state index contributed by atoms with van der Waals surface area (Å²) in [6.07, 6.45) is 0. The third-order valence-electron chi connectivity index (χ3n) is 5.14. The largest absolute Gasteiger partial charge is 0.323 e. The Morgan fingerprint density at radius 3 is 2.17 bits per heavy atom. The molecule has 0 aliphatic rings. The number of nitrogens with zero attached hydrogens (tertiary/aromatic N) is 1. The van der Waals surface area contributed by atoms with E-state index < -0.39 is 15.9 Å². The third kappa shape index (κ3) is 6.33. The van der Waals surface area contributed by atoms with Crippen molar-refractivity contribution in [3.05, 3.63) is 113 Å². The summed E-state index contributed by atoms with van der Waals surface area (Å²) in [5.41, 5.74) is 1.97. The van der Waals surface area contributed by atoms with Gasteiger partial charge in [0.1, 0.15) is 6.54 Å². The van der Waals surface area contributed by atoms with Gasteiger partial charge in [-0.15, -0.1) is 0 Å². The first-order valence-electron chi connectivity index (χ1n) is 10.8. The fourth-order valence-electron chi connectivity index (χ4n) is 3.35. The van der Waals surface area contributed by atoms with E-state index >= 15 is 0 Å². The molecule has 0 unspecified atom stereocenters. The minimum Gasteiger partial charge on any atom is -0.323 e. The highest BCUT2D eigenvalue weighted by Crippen LogP contribution is 2.33. The highest BCUT2D eigenvalue weighted by molar-refractivity contribution is 9.10. The van der Waals surface area contributed by atoms with Gasteiger partial charge in [-0.2, -0.15) is 0 Å². The minimum atomic E-state index is -3.98. The molecule has 8 heteroatoms. The normalized spacial score (nSPS) is 11.1. The molecule has 0 aliphatic heterocycles. The molecule has 1 N–H and O–H groups in total. The third-order valence-corrected chi connectivity index (χ3v) is 8.54. The number of hydrogen-bond acceptors (Lipinski definition) is 4. The summed E-state index contributed by atoms with van der Waals surface area (Å²) in [5.74, 6) is -0.440.